The van der Waals surface area contributed by atoms with Gasteiger partial charge in [-0.3, -0.25) is 4.90 Å². The van der Waals surface area contributed by atoms with Crippen LogP contribution in [0.25, 0.3) is 0 Å². The number of rotatable bonds is 6. The summed E-state index contributed by atoms with van der Waals surface area (Å²) in [6.45, 7) is 1.74. The first kappa shape index (κ1) is 19.8. The van der Waals surface area contributed by atoms with Gasteiger partial charge in [0.25, 0.3) is 0 Å². The Labute approximate surface area is 173 Å². The lowest BCUT2D eigenvalue weighted by Gasteiger charge is -2.50. The molecule has 3 aromatic carbocycles. The van der Waals surface area contributed by atoms with Crippen LogP contribution in [0.5, 0.6) is 0 Å². The van der Waals surface area contributed by atoms with E-state index >= 15 is 0 Å². The fourth-order valence-electron chi connectivity index (χ4n) is 4.76. The maximum atomic E-state index is 9.94. The van der Waals surface area contributed by atoms with Gasteiger partial charge in [-0.2, -0.15) is 0 Å². The number of methoxy groups -OCH3 is 1. The van der Waals surface area contributed by atoms with Crippen LogP contribution in [0.1, 0.15) is 29.5 Å². The fourth-order valence-corrected chi connectivity index (χ4v) is 4.76. The van der Waals surface area contributed by atoms with Gasteiger partial charge in [0.15, 0.2) is 0 Å². The molecule has 1 heterocycles. The summed E-state index contributed by atoms with van der Waals surface area (Å²) < 4.78 is 5.73. The van der Waals surface area contributed by atoms with E-state index < -0.39 is 5.60 Å². The molecule has 150 valence electrons. The van der Waals surface area contributed by atoms with Gasteiger partial charge < -0.3 is 9.84 Å². The molecule has 1 aliphatic rings. The average Bonchev–Trinajstić information content (AvgIpc) is 2.82. The highest BCUT2D eigenvalue weighted by Crippen LogP contribution is 2.44. The highest BCUT2D eigenvalue weighted by atomic mass is 16.5. The van der Waals surface area contributed by atoms with Crippen LogP contribution < -0.4 is 0 Å². The number of hydrogen-bond acceptors (Lipinski definition) is 3. The van der Waals surface area contributed by atoms with Crippen LogP contribution in [-0.2, 0) is 10.3 Å². The van der Waals surface area contributed by atoms with Gasteiger partial charge in [-0.05, 0) is 29.5 Å². The van der Waals surface area contributed by atoms with E-state index in [1.54, 1.807) is 7.11 Å². The lowest BCUT2D eigenvalue weighted by molar-refractivity contribution is -0.0978. The molecule has 0 amide bonds. The van der Waals surface area contributed by atoms with Crippen LogP contribution >= 0.6 is 0 Å². The second-order valence-electron chi connectivity index (χ2n) is 7.84. The van der Waals surface area contributed by atoms with E-state index in [9.17, 15) is 5.11 Å². The molecule has 3 aromatic rings. The summed E-state index contributed by atoms with van der Waals surface area (Å²) in [6, 6.07) is 32.3. The summed E-state index contributed by atoms with van der Waals surface area (Å²) >= 11 is 0. The number of hydrogen-bond donors (Lipinski definition) is 1. The highest BCUT2D eigenvalue weighted by Gasteiger charge is 2.46. The zero-order chi connectivity index (χ0) is 20.2. The molecule has 0 radical (unpaired) electrons. The third kappa shape index (κ3) is 3.51. The predicted molar refractivity (Wildman–Crippen MR) is 117 cm³/mol. The van der Waals surface area contributed by atoms with E-state index in [1.807, 2.05) is 0 Å². The molecule has 4 rings (SSSR count). The van der Waals surface area contributed by atoms with Crippen LogP contribution in [0.2, 0.25) is 0 Å². The van der Waals surface area contributed by atoms with Gasteiger partial charge in [-0.15, -0.1) is 0 Å². The minimum atomic E-state index is -0.438. The molecule has 0 unspecified atom stereocenters. The van der Waals surface area contributed by atoms with Gasteiger partial charge in [0.1, 0.15) is 0 Å². The molecule has 0 bridgehead atoms. The van der Waals surface area contributed by atoms with Crippen LogP contribution in [-0.4, -0.2) is 42.4 Å². The summed E-state index contributed by atoms with van der Waals surface area (Å²) in [5.41, 5.74) is 2.94. The Morgan fingerprint density at radius 3 is 1.45 bits per heavy atom. The fraction of sp³-hybridized carbons (Fsp3) is 0.308. The maximum absolute atomic E-state index is 9.94. The molecule has 1 aliphatic heterocycles. The number of ether oxygens (including phenoxy) is 1. The van der Waals surface area contributed by atoms with Crippen molar-refractivity contribution in [3.8, 4) is 0 Å². The predicted octanol–water partition coefficient (Wildman–Crippen LogP) is 4.45. The number of benzene rings is 3. The molecule has 1 fully saturated rings. The summed E-state index contributed by atoms with van der Waals surface area (Å²) in [5.74, 6) is 0. The van der Waals surface area contributed by atoms with E-state index in [0.717, 1.165) is 25.9 Å². The molecule has 0 aliphatic carbocycles. The Morgan fingerprint density at radius 2 is 1.14 bits per heavy atom. The lowest BCUT2D eigenvalue weighted by atomic mass is 9.74. The second kappa shape index (κ2) is 8.50. The first-order chi connectivity index (χ1) is 14.2. The Kier molecular flexibility index (Phi) is 5.81. The van der Waals surface area contributed by atoms with Gasteiger partial charge in [0.05, 0.1) is 17.7 Å². The molecular weight excluding hydrogens is 358 g/mol. The first-order valence-corrected chi connectivity index (χ1v) is 10.3. The van der Waals surface area contributed by atoms with Crippen LogP contribution in [0.15, 0.2) is 91.0 Å². The summed E-state index contributed by atoms with van der Waals surface area (Å²) in [5, 5.41) is 9.94. The number of nitrogens with zero attached hydrogens (tertiary/aromatic N) is 1. The number of piperidine rings is 1. The van der Waals surface area contributed by atoms with Crippen molar-refractivity contribution in [3.05, 3.63) is 108 Å². The van der Waals surface area contributed by atoms with Gasteiger partial charge in [0, 0.05) is 20.2 Å². The van der Waals surface area contributed by atoms with Crippen molar-refractivity contribution in [2.45, 2.75) is 24.0 Å². The van der Waals surface area contributed by atoms with Gasteiger partial charge in [-0.25, -0.2) is 0 Å². The standard InChI is InChI=1S/C26H29NO2/c1-29-25(21-28)17-19-27(20-18-25)26(22-11-5-2-6-12-22,23-13-7-3-8-14-23)24-15-9-4-10-16-24/h2-16,28H,17-21H2,1H3. The number of aliphatic hydroxyl groups is 1. The van der Waals surface area contributed by atoms with Crippen molar-refractivity contribution in [1.82, 2.24) is 4.90 Å². The zero-order valence-electron chi connectivity index (χ0n) is 17.0. The van der Waals surface area contributed by atoms with Gasteiger partial charge in [0.2, 0.25) is 0 Å². The Bertz CT molecular complexity index is 785. The molecule has 0 atom stereocenters. The Hall–Kier alpha value is -2.46. The van der Waals surface area contributed by atoms with Crippen molar-refractivity contribution in [1.29, 1.82) is 0 Å². The smallest absolute Gasteiger partial charge is 0.0973 e. The minimum Gasteiger partial charge on any atom is -0.393 e. The average molecular weight is 388 g/mol. The van der Waals surface area contributed by atoms with E-state index in [1.165, 1.54) is 16.7 Å². The molecule has 1 N–H and O–H groups in total. The topological polar surface area (TPSA) is 32.7 Å². The quantitative estimate of drug-likeness (QED) is 0.634. The van der Waals surface area contributed by atoms with Crippen LogP contribution in [0.3, 0.4) is 0 Å². The second-order valence-corrected chi connectivity index (χ2v) is 7.84. The zero-order valence-corrected chi connectivity index (χ0v) is 17.0. The highest BCUT2D eigenvalue weighted by molar-refractivity contribution is 5.49. The summed E-state index contributed by atoms with van der Waals surface area (Å²) in [7, 11) is 1.71. The van der Waals surface area contributed by atoms with Gasteiger partial charge >= 0.3 is 0 Å². The largest absolute Gasteiger partial charge is 0.393 e. The van der Waals surface area contributed by atoms with E-state index in [0.29, 0.717) is 0 Å². The summed E-state index contributed by atoms with van der Waals surface area (Å²) in [6.07, 6.45) is 1.60. The Balaban J connectivity index is 1.90. The molecular formula is C26H29NO2. The summed E-state index contributed by atoms with van der Waals surface area (Å²) in [4.78, 5) is 2.56. The number of likely N-dealkylation sites (tertiary alicyclic amines) is 1. The third-order valence-electron chi connectivity index (χ3n) is 6.44. The molecule has 0 saturated carbocycles. The van der Waals surface area contributed by atoms with Crippen molar-refractivity contribution < 1.29 is 9.84 Å². The molecule has 3 nitrogen and oxygen atoms in total. The van der Waals surface area contributed by atoms with E-state index in [4.69, 9.17) is 4.74 Å². The first-order valence-electron chi connectivity index (χ1n) is 10.3. The Morgan fingerprint density at radius 1 is 0.759 bits per heavy atom. The molecule has 0 spiro atoms. The van der Waals surface area contributed by atoms with E-state index in [2.05, 4.69) is 95.9 Å². The van der Waals surface area contributed by atoms with Crippen LogP contribution in [0.4, 0.5) is 0 Å². The molecule has 0 aromatic heterocycles. The van der Waals surface area contributed by atoms with Crippen molar-refractivity contribution in [3.63, 3.8) is 0 Å². The van der Waals surface area contributed by atoms with Crippen molar-refractivity contribution in [2.24, 2.45) is 0 Å². The third-order valence-corrected chi connectivity index (χ3v) is 6.44. The lowest BCUT2D eigenvalue weighted by Crippen LogP contribution is -2.56. The normalized spacial score (nSPS) is 17.2. The van der Waals surface area contributed by atoms with Crippen molar-refractivity contribution >= 4 is 0 Å². The van der Waals surface area contributed by atoms with Gasteiger partial charge in [-0.1, -0.05) is 91.0 Å². The monoisotopic (exact) mass is 387 g/mol. The number of aliphatic hydroxyl groups excluding tert-OH is 1. The van der Waals surface area contributed by atoms with Crippen molar-refractivity contribution in [2.75, 3.05) is 26.8 Å². The minimum absolute atomic E-state index is 0.0619. The molecule has 3 heteroatoms. The van der Waals surface area contributed by atoms with Crippen LogP contribution in [0, 0.1) is 0 Å². The van der Waals surface area contributed by atoms with E-state index in [-0.39, 0.29) is 12.1 Å². The molecule has 1 saturated heterocycles. The maximum Gasteiger partial charge on any atom is 0.0973 e. The SMILES string of the molecule is COC1(CO)CCN(C(c2ccccc2)(c2ccccc2)c2ccccc2)CC1. The molecule has 29 heavy (non-hydrogen) atoms.